The Labute approximate surface area is 113 Å². The number of hydrogen-bond donors (Lipinski definition) is 2. The number of hydrogen-bond acceptors (Lipinski definition) is 5. The molecule has 1 heterocycles. The number of nitrogens with zero attached hydrogens (tertiary/aromatic N) is 2. The summed E-state index contributed by atoms with van der Waals surface area (Å²) in [5.41, 5.74) is 4.71. The molecule has 0 fully saturated rings. The summed E-state index contributed by atoms with van der Waals surface area (Å²) in [5.74, 6) is -1.24. The van der Waals surface area contributed by atoms with Gasteiger partial charge in [-0.3, -0.25) is 19.1 Å². The summed E-state index contributed by atoms with van der Waals surface area (Å²) in [7, 11) is 1.20. The van der Waals surface area contributed by atoms with E-state index in [0.29, 0.717) is 0 Å². The third-order valence-corrected chi connectivity index (χ3v) is 2.36. The van der Waals surface area contributed by atoms with Crippen LogP contribution in [0.3, 0.4) is 0 Å². The molecule has 0 radical (unpaired) electrons. The number of nitrogens with two attached hydrogens (primary N) is 1. The fourth-order valence-electron chi connectivity index (χ4n) is 1.50. The van der Waals surface area contributed by atoms with Crippen LogP contribution in [0.15, 0.2) is 15.9 Å². The Morgan fingerprint density at radius 1 is 1.55 bits per heavy atom. The van der Waals surface area contributed by atoms with Gasteiger partial charge in [0.25, 0.3) is 0 Å². The van der Waals surface area contributed by atoms with Crippen LogP contribution in [0.25, 0.3) is 0 Å². The van der Waals surface area contributed by atoms with E-state index in [-0.39, 0.29) is 30.7 Å². The minimum atomic E-state index is -0.774. The van der Waals surface area contributed by atoms with Crippen molar-refractivity contribution in [2.24, 2.45) is 10.7 Å². The number of rotatable bonds is 6. The van der Waals surface area contributed by atoms with Gasteiger partial charge in [-0.1, -0.05) is 0 Å². The standard InChI is InChI=1S/C11H15FN4O4/c1-20-10(18)6-14-9-5-7(4-8(13)17)15-11(19)16(9)3-2-12/h5H,2-4,6H2,1H3,(H2,13,17)(H,15,19)/b14-9+. The Morgan fingerprint density at radius 3 is 2.80 bits per heavy atom. The minimum absolute atomic E-state index is 0.0769. The lowest BCUT2D eigenvalue weighted by molar-refractivity contribution is -0.138. The molecule has 0 atom stereocenters. The smallest absolute Gasteiger partial charge is 0.327 e. The van der Waals surface area contributed by atoms with Crippen molar-refractivity contribution in [1.82, 2.24) is 9.55 Å². The monoisotopic (exact) mass is 286 g/mol. The van der Waals surface area contributed by atoms with Crippen molar-refractivity contribution < 1.29 is 18.7 Å². The van der Waals surface area contributed by atoms with Gasteiger partial charge in [-0.05, 0) is 0 Å². The quantitative estimate of drug-likeness (QED) is 0.602. The van der Waals surface area contributed by atoms with E-state index >= 15 is 0 Å². The van der Waals surface area contributed by atoms with Gasteiger partial charge in [-0.15, -0.1) is 0 Å². The molecule has 1 rings (SSSR count). The fraction of sp³-hybridized carbons (Fsp3) is 0.455. The first-order valence-electron chi connectivity index (χ1n) is 5.72. The SMILES string of the molecule is COC(=O)C/N=c1\cc(CC(N)=O)[nH]c(=O)n1CCF. The molecule has 1 aromatic heterocycles. The number of amides is 1. The van der Waals surface area contributed by atoms with E-state index in [4.69, 9.17) is 5.73 Å². The average Bonchev–Trinajstić information content (AvgIpc) is 2.38. The molecule has 110 valence electrons. The lowest BCUT2D eigenvalue weighted by Gasteiger charge is -2.06. The molecule has 0 spiro atoms. The van der Waals surface area contributed by atoms with Crippen molar-refractivity contribution in [2.45, 2.75) is 13.0 Å². The molecule has 3 N–H and O–H groups in total. The van der Waals surface area contributed by atoms with E-state index in [1.807, 2.05) is 0 Å². The molecule has 0 saturated carbocycles. The van der Waals surface area contributed by atoms with Gasteiger partial charge < -0.3 is 15.5 Å². The van der Waals surface area contributed by atoms with Crippen LogP contribution in [0.5, 0.6) is 0 Å². The van der Waals surface area contributed by atoms with Crippen LogP contribution < -0.4 is 16.9 Å². The van der Waals surface area contributed by atoms with Crippen molar-refractivity contribution in [3.63, 3.8) is 0 Å². The number of primary amides is 1. The van der Waals surface area contributed by atoms with Gasteiger partial charge in [-0.25, -0.2) is 9.18 Å². The molecule has 0 aliphatic rings. The predicted octanol–water partition coefficient (Wildman–Crippen LogP) is -1.75. The van der Waals surface area contributed by atoms with Gasteiger partial charge >= 0.3 is 11.7 Å². The number of methoxy groups -OCH3 is 1. The van der Waals surface area contributed by atoms with E-state index in [9.17, 15) is 18.8 Å². The fourth-order valence-corrected chi connectivity index (χ4v) is 1.50. The second-order valence-electron chi connectivity index (χ2n) is 3.83. The Kier molecular flexibility index (Phi) is 5.63. The topological polar surface area (TPSA) is 120 Å². The summed E-state index contributed by atoms with van der Waals surface area (Å²) in [4.78, 5) is 39.9. The van der Waals surface area contributed by atoms with E-state index < -0.39 is 24.2 Å². The van der Waals surface area contributed by atoms with Crippen LogP contribution in [0, 0.1) is 0 Å². The van der Waals surface area contributed by atoms with Crippen molar-refractivity contribution in [3.8, 4) is 0 Å². The van der Waals surface area contributed by atoms with Gasteiger partial charge in [-0.2, -0.15) is 0 Å². The first kappa shape index (κ1) is 15.6. The lowest BCUT2D eigenvalue weighted by atomic mass is 10.3. The van der Waals surface area contributed by atoms with Crippen molar-refractivity contribution in [2.75, 3.05) is 20.3 Å². The highest BCUT2D eigenvalue weighted by molar-refractivity contribution is 5.76. The van der Waals surface area contributed by atoms with Crippen molar-refractivity contribution in [1.29, 1.82) is 0 Å². The van der Waals surface area contributed by atoms with Gasteiger partial charge in [0.15, 0.2) is 0 Å². The van der Waals surface area contributed by atoms with Crippen LogP contribution in [0.1, 0.15) is 5.69 Å². The second-order valence-corrected chi connectivity index (χ2v) is 3.83. The summed E-state index contributed by atoms with van der Waals surface area (Å²) in [6.07, 6.45) is -0.188. The third kappa shape index (κ3) is 4.34. The summed E-state index contributed by atoms with van der Waals surface area (Å²) in [6, 6.07) is 1.37. The van der Waals surface area contributed by atoms with Gasteiger partial charge in [0.1, 0.15) is 18.7 Å². The summed E-state index contributed by atoms with van der Waals surface area (Å²) in [6.45, 7) is -1.31. The second kappa shape index (κ2) is 7.22. The number of alkyl halides is 1. The van der Waals surface area contributed by atoms with E-state index in [2.05, 4.69) is 14.7 Å². The van der Waals surface area contributed by atoms with E-state index in [1.54, 1.807) is 0 Å². The molecule has 1 aromatic rings. The maximum atomic E-state index is 12.4. The van der Waals surface area contributed by atoms with E-state index in [1.165, 1.54) is 13.2 Å². The first-order chi connectivity index (χ1) is 9.47. The highest BCUT2D eigenvalue weighted by Gasteiger charge is 2.06. The number of nitrogens with one attached hydrogen (secondary N) is 1. The number of carbonyl (C=O) groups excluding carboxylic acids is 2. The maximum Gasteiger partial charge on any atom is 0.327 e. The highest BCUT2D eigenvalue weighted by Crippen LogP contribution is 1.88. The molecule has 0 unspecified atom stereocenters. The van der Waals surface area contributed by atoms with Crippen LogP contribution in [-0.4, -0.2) is 41.8 Å². The summed E-state index contributed by atoms with van der Waals surface area (Å²) >= 11 is 0. The number of H-pyrrole nitrogens is 1. The molecule has 0 saturated heterocycles. The molecule has 0 aromatic carbocycles. The van der Waals surface area contributed by atoms with Crippen molar-refractivity contribution in [3.05, 3.63) is 27.7 Å². The largest absolute Gasteiger partial charge is 0.468 e. The molecular formula is C11H15FN4O4. The molecule has 9 heteroatoms. The predicted molar refractivity (Wildman–Crippen MR) is 66.4 cm³/mol. The molecular weight excluding hydrogens is 271 g/mol. The van der Waals surface area contributed by atoms with Crippen LogP contribution in [0.2, 0.25) is 0 Å². The number of carbonyl (C=O) groups is 2. The molecule has 0 aliphatic heterocycles. The zero-order valence-corrected chi connectivity index (χ0v) is 10.9. The van der Waals surface area contributed by atoms with Crippen LogP contribution in [0.4, 0.5) is 4.39 Å². The molecule has 1 amide bonds. The zero-order valence-electron chi connectivity index (χ0n) is 10.9. The average molecular weight is 286 g/mol. The highest BCUT2D eigenvalue weighted by atomic mass is 19.1. The number of aromatic amines is 1. The molecule has 8 nitrogen and oxygen atoms in total. The number of esters is 1. The Hall–Kier alpha value is -2.45. The van der Waals surface area contributed by atoms with Gasteiger partial charge in [0.05, 0.1) is 20.1 Å². The number of ether oxygens (including phenoxy) is 1. The Balaban J connectivity index is 3.27. The normalized spacial score (nSPS) is 11.4. The van der Waals surface area contributed by atoms with Crippen LogP contribution in [-0.2, 0) is 27.3 Å². The van der Waals surface area contributed by atoms with Crippen LogP contribution >= 0.6 is 0 Å². The lowest BCUT2D eigenvalue weighted by Crippen LogP contribution is -2.38. The third-order valence-electron chi connectivity index (χ3n) is 2.36. The number of halogens is 1. The minimum Gasteiger partial charge on any atom is -0.468 e. The summed E-state index contributed by atoms with van der Waals surface area (Å²) in [5, 5.41) is 0. The zero-order chi connectivity index (χ0) is 15.1. The van der Waals surface area contributed by atoms with Gasteiger partial charge in [0.2, 0.25) is 5.91 Å². The van der Waals surface area contributed by atoms with E-state index in [0.717, 1.165) is 4.57 Å². The molecule has 0 bridgehead atoms. The Morgan fingerprint density at radius 2 is 2.25 bits per heavy atom. The first-order valence-corrected chi connectivity index (χ1v) is 5.72. The number of aromatic nitrogens is 2. The maximum absolute atomic E-state index is 12.4. The Bertz CT molecular complexity index is 620. The molecule has 20 heavy (non-hydrogen) atoms. The van der Waals surface area contributed by atoms with Gasteiger partial charge in [0, 0.05) is 11.8 Å². The van der Waals surface area contributed by atoms with Crippen molar-refractivity contribution >= 4 is 11.9 Å². The molecule has 0 aliphatic carbocycles. The summed E-state index contributed by atoms with van der Waals surface area (Å²) < 4.78 is 17.9.